The van der Waals surface area contributed by atoms with E-state index >= 15 is 0 Å². The zero-order chi connectivity index (χ0) is 13.1. The molecule has 18 heavy (non-hydrogen) atoms. The highest BCUT2D eigenvalue weighted by molar-refractivity contribution is 5.98. The summed E-state index contributed by atoms with van der Waals surface area (Å²) >= 11 is 0. The van der Waals surface area contributed by atoms with Crippen molar-refractivity contribution < 1.29 is 4.74 Å². The van der Waals surface area contributed by atoms with Crippen LogP contribution in [0.4, 0.5) is 0 Å². The van der Waals surface area contributed by atoms with Crippen molar-refractivity contribution >= 4 is 5.84 Å². The van der Waals surface area contributed by atoms with Crippen LogP contribution in [-0.4, -0.2) is 42.0 Å². The standard InChI is InChI=1S/C13H20N4O/c1-9-3-6-16-13(11(9)12(14)15)18-10-4-7-17(2)8-5-10/h3,6,10H,4-5,7-8H2,1-2H3,(H3,14,15). The lowest BCUT2D eigenvalue weighted by Gasteiger charge is -2.29. The highest BCUT2D eigenvalue weighted by Crippen LogP contribution is 2.22. The Hall–Kier alpha value is -1.62. The van der Waals surface area contributed by atoms with Crippen molar-refractivity contribution in [1.29, 1.82) is 5.41 Å². The van der Waals surface area contributed by atoms with Crippen molar-refractivity contribution in [2.45, 2.75) is 25.9 Å². The number of nitrogen functional groups attached to an aromatic ring is 1. The zero-order valence-electron chi connectivity index (χ0n) is 10.9. The van der Waals surface area contributed by atoms with Gasteiger partial charge in [-0.1, -0.05) is 0 Å². The number of aromatic nitrogens is 1. The van der Waals surface area contributed by atoms with Crippen LogP contribution in [0, 0.1) is 12.3 Å². The SMILES string of the molecule is Cc1ccnc(OC2CCN(C)CC2)c1C(=N)N. The van der Waals surface area contributed by atoms with Gasteiger partial charge in [-0.3, -0.25) is 5.41 Å². The molecule has 1 saturated heterocycles. The number of aryl methyl sites for hydroxylation is 1. The lowest BCUT2D eigenvalue weighted by atomic mass is 10.1. The number of hydrogen-bond donors (Lipinski definition) is 2. The van der Waals surface area contributed by atoms with Crippen LogP contribution >= 0.6 is 0 Å². The highest BCUT2D eigenvalue weighted by atomic mass is 16.5. The predicted molar refractivity (Wildman–Crippen MR) is 71.1 cm³/mol. The third kappa shape index (κ3) is 2.79. The van der Waals surface area contributed by atoms with Gasteiger partial charge in [0.15, 0.2) is 0 Å². The molecule has 2 rings (SSSR count). The molecule has 3 N–H and O–H groups in total. The van der Waals surface area contributed by atoms with E-state index in [2.05, 4.69) is 16.9 Å². The fraction of sp³-hybridized carbons (Fsp3) is 0.538. The summed E-state index contributed by atoms with van der Waals surface area (Å²) < 4.78 is 5.92. The Morgan fingerprint density at radius 1 is 1.50 bits per heavy atom. The largest absolute Gasteiger partial charge is 0.474 e. The van der Waals surface area contributed by atoms with Crippen molar-refractivity contribution in [2.24, 2.45) is 5.73 Å². The van der Waals surface area contributed by atoms with Crippen LogP contribution < -0.4 is 10.5 Å². The van der Waals surface area contributed by atoms with Crippen LogP contribution in [0.1, 0.15) is 24.0 Å². The van der Waals surface area contributed by atoms with Crippen LogP contribution in [0.2, 0.25) is 0 Å². The number of amidine groups is 1. The molecule has 0 radical (unpaired) electrons. The summed E-state index contributed by atoms with van der Waals surface area (Å²) in [6.07, 6.45) is 3.85. The van der Waals surface area contributed by atoms with Gasteiger partial charge in [-0.15, -0.1) is 0 Å². The Morgan fingerprint density at radius 2 is 2.17 bits per heavy atom. The average Bonchev–Trinajstić information content (AvgIpc) is 2.32. The third-order valence-electron chi connectivity index (χ3n) is 3.34. The molecule has 1 fully saturated rings. The summed E-state index contributed by atoms with van der Waals surface area (Å²) in [7, 11) is 2.11. The first-order chi connectivity index (χ1) is 8.58. The molecule has 0 amide bonds. The van der Waals surface area contributed by atoms with Crippen molar-refractivity contribution in [3.63, 3.8) is 0 Å². The molecule has 5 nitrogen and oxygen atoms in total. The van der Waals surface area contributed by atoms with E-state index in [0.29, 0.717) is 11.4 Å². The lowest BCUT2D eigenvalue weighted by molar-refractivity contribution is 0.109. The molecule has 0 bridgehead atoms. The molecule has 0 aromatic carbocycles. The van der Waals surface area contributed by atoms with E-state index in [9.17, 15) is 0 Å². The van der Waals surface area contributed by atoms with Crippen LogP contribution in [0.15, 0.2) is 12.3 Å². The van der Waals surface area contributed by atoms with Crippen molar-refractivity contribution in [3.05, 3.63) is 23.4 Å². The van der Waals surface area contributed by atoms with E-state index in [4.69, 9.17) is 15.9 Å². The summed E-state index contributed by atoms with van der Waals surface area (Å²) in [6, 6.07) is 1.85. The molecule has 5 heteroatoms. The second-order valence-corrected chi connectivity index (χ2v) is 4.84. The van der Waals surface area contributed by atoms with E-state index < -0.39 is 0 Å². The molecule has 0 atom stereocenters. The van der Waals surface area contributed by atoms with E-state index in [1.807, 2.05) is 13.0 Å². The Balaban J connectivity index is 2.14. The number of nitrogens with one attached hydrogen (secondary N) is 1. The van der Waals surface area contributed by atoms with Gasteiger partial charge in [-0.25, -0.2) is 4.98 Å². The van der Waals surface area contributed by atoms with Crippen LogP contribution in [0.5, 0.6) is 5.88 Å². The molecule has 0 spiro atoms. The molecule has 1 aliphatic rings. The Bertz CT molecular complexity index is 439. The van der Waals surface area contributed by atoms with Crippen LogP contribution in [0.25, 0.3) is 0 Å². The minimum Gasteiger partial charge on any atom is -0.474 e. The number of ether oxygens (including phenoxy) is 1. The van der Waals surface area contributed by atoms with Gasteiger partial charge in [0.1, 0.15) is 11.9 Å². The fourth-order valence-electron chi connectivity index (χ4n) is 2.21. The molecular formula is C13H20N4O. The maximum atomic E-state index is 7.62. The van der Waals surface area contributed by atoms with Gasteiger partial charge in [0.2, 0.25) is 5.88 Å². The van der Waals surface area contributed by atoms with Gasteiger partial charge < -0.3 is 15.4 Å². The number of rotatable bonds is 3. The lowest BCUT2D eigenvalue weighted by Crippen LogP contribution is -2.36. The summed E-state index contributed by atoms with van der Waals surface area (Å²) in [4.78, 5) is 6.50. The van der Waals surface area contributed by atoms with E-state index in [1.165, 1.54) is 0 Å². The first-order valence-corrected chi connectivity index (χ1v) is 6.23. The minimum atomic E-state index is 0.0172. The number of pyridine rings is 1. The molecule has 0 saturated carbocycles. The van der Waals surface area contributed by atoms with Crippen molar-refractivity contribution in [1.82, 2.24) is 9.88 Å². The van der Waals surface area contributed by atoms with Crippen LogP contribution in [-0.2, 0) is 0 Å². The number of likely N-dealkylation sites (tertiary alicyclic amines) is 1. The smallest absolute Gasteiger partial charge is 0.225 e. The Morgan fingerprint density at radius 3 is 2.78 bits per heavy atom. The highest BCUT2D eigenvalue weighted by Gasteiger charge is 2.21. The van der Waals surface area contributed by atoms with Gasteiger partial charge in [0.05, 0.1) is 5.56 Å². The molecule has 0 unspecified atom stereocenters. The minimum absolute atomic E-state index is 0.0172. The molecule has 1 aromatic heterocycles. The monoisotopic (exact) mass is 248 g/mol. The summed E-state index contributed by atoms with van der Waals surface area (Å²) in [6.45, 7) is 3.98. The van der Waals surface area contributed by atoms with Gasteiger partial charge in [0.25, 0.3) is 0 Å². The topological polar surface area (TPSA) is 75.2 Å². The second kappa shape index (κ2) is 5.35. The van der Waals surface area contributed by atoms with Crippen LogP contribution in [0.3, 0.4) is 0 Å². The van der Waals surface area contributed by atoms with E-state index in [0.717, 1.165) is 31.5 Å². The summed E-state index contributed by atoms with van der Waals surface area (Å²) in [5.41, 5.74) is 7.15. The molecule has 0 aliphatic carbocycles. The fourth-order valence-corrected chi connectivity index (χ4v) is 2.21. The number of piperidine rings is 1. The molecule has 1 aliphatic heterocycles. The van der Waals surface area contributed by atoms with Gasteiger partial charge >= 0.3 is 0 Å². The number of nitrogens with zero attached hydrogens (tertiary/aromatic N) is 2. The van der Waals surface area contributed by atoms with Crippen molar-refractivity contribution in [3.8, 4) is 5.88 Å². The first-order valence-electron chi connectivity index (χ1n) is 6.23. The molecular weight excluding hydrogens is 228 g/mol. The normalized spacial score (nSPS) is 17.7. The van der Waals surface area contributed by atoms with E-state index in [-0.39, 0.29) is 11.9 Å². The quantitative estimate of drug-likeness (QED) is 0.621. The maximum absolute atomic E-state index is 7.62. The Labute approximate surface area is 107 Å². The molecule has 1 aromatic rings. The van der Waals surface area contributed by atoms with Gasteiger partial charge in [0, 0.05) is 19.3 Å². The first kappa shape index (κ1) is 12.8. The van der Waals surface area contributed by atoms with Gasteiger partial charge in [-0.05, 0) is 38.4 Å². The number of nitrogens with two attached hydrogens (primary N) is 1. The second-order valence-electron chi connectivity index (χ2n) is 4.84. The summed E-state index contributed by atoms with van der Waals surface area (Å²) in [5, 5.41) is 7.62. The zero-order valence-corrected chi connectivity index (χ0v) is 10.9. The van der Waals surface area contributed by atoms with Crippen molar-refractivity contribution in [2.75, 3.05) is 20.1 Å². The van der Waals surface area contributed by atoms with Gasteiger partial charge in [-0.2, -0.15) is 0 Å². The predicted octanol–water partition coefficient (Wildman–Crippen LogP) is 1.15. The Kier molecular flexibility index (Phi) is 3.81. The average molecular weight is 248 g/mol. The maximum Gasteiger partial charge on any atom is 0.225 e. The number of hydrogen-bond acceptors (Lipinski definition) is 4. The third-order valence-corrected chi connectivity index (χ3v) is 3.34. The summed E-state index contributed by atoms with van der Waals surface area (Å²) in [5.74, 6) is 0.514. The molecule has 98 valence electrons. The van der Waals surface area contributed by atoms with E-state index in [1.54, 1.807) is 6.20 Å². The molecule has 2 heterocycles.